The van der Waals surface area contributed by atoms with Crippen LogP contribution in [-0.4, -0.2) is 37.0 Å². The quantitative estimate of drug-likeness (QED) is 0.464. The van der Waals surface area contributed by atoms with Crippen molar-refractivity contribution in [3.8, 4) is 0 Å². The number of ether oxygens (including phenoxy) is 1. The van der Waals surface area contributed by atoms with Gasteiger partial charge in [-0.1, -0.05) is 18.2 Å². The number of rotatable bonds is 1. The third kappa shape index (κ3) is 1.46. The molecule has 80 valence electrons. The number of carbonyl (C=O) groups is 2. The summed E-state index contributed by atoms with van der Waals surface area (Å²) in [5.74, 6) is -0.405. The van der Waals surface area contributed by atoms with E-state index in [1.54, 1.807) is 11.9 Å². The molecule has 0 saturated heterocycles. The number of hydrogen-bond donors (Lipinski definition) is 0. The maximum Gasteiger partial charge on any atom is 0.335 e. The highest BCUT2D eigenvalue weighted by atomic mass is 16.5. The smallest absolute Gasteiger partial charge is 0.335 e. The lowest BCUT2D eigenvalue weighted by Gasteiger charge is -2.30. The first-order valence-corrected chi connectivity index (χ1v) is 4.88. The summed E-state index contributed by atoms with van der Waals surface area (Å²) in [4.78, 5) is 24.8. The Labute approximate surface area is 88.2 Å². The third-order valence-corrected chi connectivity index (χ3v) is 2.94. The molecule has 0 aromatic carbocycles. The van der Waals surface area contributed by atoms with Gasteiger partial charge in [-0.3, -0.25) is 4.79 Å². The maximum absolute atomic E-state index is 11.8. The Morgan fingerprint density at radius 2 is 2.27 bits per heavy atom. The first-order chi connectivity index (χ1) is 7.15. The molecule has 4 heteroatoms. The summed E-state index contributed by atoms with van der Waals surface area (Å²) < 4.78 is 4.70. The zero-order chi connectivity index (χ0) is 11.0. The number of amides is 1. The van der Waals surface area contributed by atoms with Crippen LogP contribution in [0.1, 0.15) is 6.42 Å². The standard InChI is InChI=1S/C11H13NO3/c1-12-9-6-4-7(10(12)13)3-5-8(9)11(14)15-2/h4-7,9H,3H2,1-2H3. The van der Waals surface area contributed by atoms with Gasteiger partial charge in [-0.2, -0.15) is 0 Å². The summed E-state index contributed by atoms with van der Waals surface area (Å²) in [7, 11) is 3.07. The molecule has 0 aromatic heterocycles. The number of esters is 1. The minimum Gasteiger partial charge on any atom is -0.466 e. The highest BCUT2D eigenvalue weighted by Crippen LogP contribution is 2.28. The topological polar surface area (TPSA) is 46.6 Å². The summed E-state index contributed by atoms with van der Waals surface area (Å²) in [6.07, 6.45) is 6.16. The third-order valence-electron chi connectivity index (χ3n) is 2.94. The summed E-state index contributed by atoms with van der Waals surface area (Å²) in [6, 6.07) is -0.260. The van der Waals surface area contributed by atoms with Crippen molar-refractivity contribution in [1.29, 1.82) is 0 Å². The summed E-state index contributed by atoms with van der Waals surface area (Å²) in [5, 5.41) is 0. The van der Waals surface area contributed by atoms with Crippen molar-refractivity contribution in [3.63, 3.8) is 0 Å². The lowest BCUT2D eigenvalue weighted by atomic mass is 10.0. The van der Waals surface area contributed by atoms with E-state index < -0.39 is 0 Å². The molecule has 1 amide bonds. The molecule has 4 nitrogen and oxygen atoms in total. The molecule has 0 spiro atoms. The van der Waals surface area contributed by atoms with Gasteiger partial charge >= 0.3 is 5.97 Å². The largest absolute Gasteiger partial charge is 0.466 e. The molecule has 0 radical (unpaired) electrons. The molecule has 15 heavy (non-hydrogen) atoms. The van der Waals surface area contributed by atoms with Gasteiger partial charge in [-0.05, 0) is 6.42 Å². The van der Waals surface area contributed by atoms with E-state index in [0.29, 0.717) is 12.0 Å². The normalized spacial score (nSPS) is 28.8. The van der Waals surface area contributed by atoms with Crippen molar-refractivity contribution in [3.05, 3.63) is 23.8 Å². The summed E-state index contributed by atoms with van der Waals surface area (Å²) >= 11 is 0. The molecule has 3 rings (SSSR count). The number of carbonyl (C=O) groups excluding carboxylic acids is 2. The van der Waals surface area contributed by atoms with Crippen molar-refractivity contribution in [2.75, 3.05) is 14.2 Å². The van der Waals surface area contributed by atoms with Gasteiger partial charge in [0.2, 0.25) is 5.91 Å². The zero-order valence-electron chi connectivity index (χ0n) is 8.77. The van der Waals surface area contributed by atoms with Gasteiger partial charge in [-0.25, -0.2) is 4.79 Å². The maximum atomic E-state index is 11.8. The van der Waals surface area contributed by atoms with Gasteiger partial charge in [0.1, 0.15) is 0 Å². The number of nitrogens with zero attached hydrogens (tertiary/aromatic N) is 1. The van der Waals surface area contributed by atoms with Crippen LogP contribution in [0.15, 0.2) is 23.8 Å². The minimum atomic E-state index is -0.355. The van der Waals surface area contributed by atoms with E-state index in [1.807, 2.05) is 18.2 Å². The second-order valence-electron chi connectivity index (χ2n) is 3.77. The van der Waals surface area contributed by atoms with Crippen molar-refractivity contribution >= 4 is 11.9 Å². The van der Waals surface area contributed by atoms with E-state index in [2.05, 4.69) is 0 Å². The fraction of sp³-hybridized carbons (Fsp3) is 0.455. The van der Waals surface area contributed by atoms with Crippen LogP contribution in [0.5, 0.6) is 0 Å². The van der Waals surface area contributed by atoms with Gasteiger partial charge in [0, 0.05) is 7.05 Å². The van der Waals surface area contributed by atoms with Gasteiger partial charge < -0.3 is 9.64 Å². The Morgan fingerprint density at radius 3 is 2.93 bits per heavy atom. The second-order valence-corrected chi connectivity index (χ2v) is 3.77. The Kier molecular flexibility index (Phi) is 2.34. The predicted octanol–water partition coefficient (Wildman–Crippen LogP) is 0.502. The Hall–Kier alpha value is -1.58. The average molecular weight is 207 g/mol. The molecule has 2 unspecified atom stereocenters. The van der Waals surface area contributed by atoms with Crippen molar-refractivity contribution in [2.24, 2.45) is 5.92 Å². The highest BCUT2D eigenvalue weighted by Gasteiger charge is 2.35. The van der Waals surface area contributed by atoms with Crippen LogP contribution >= 0.6 is 0 Å². The van der Waals surface area contributed by atoms with Crippen LogP contribution in [0.25, 0.3) is 0 Å². The molecule has 0 fully saturated rings. The number of fused-ring (bicyclic) bond motifs is 2. The molecular formula is C11H13NO3. The van der Waals surface area contributed by atoms with Gasteiger partial charge in [0.05, 0.1) is 24.6 Å². The molecule has 2 atom stereocenters. The predicted molar refractivity (Wildman–Crippen MR) is 53.9 cm³/mol. The fourth-order valence-corrected chi connectivity index (χ4v) is 2.04. The molecule has 2 bridgehead atoms. The molecule has 0 saturated carbocycles. The number of allylic oxidation sites excluding steroid dienone is 1. The lowest BCUT2D eigenvalue weighted by Crippen LogP contribution is -2.42. The fourth-order valence-electron chi connectivity index (χ4n) is 2.04. The van der Waals surface area contributed by atoms with Crippen LogP contribution in [0, 0.1) is 5.92 Å². The summed E-state index contributed by atoms with van der Waals surface area (Å²) in [5.41, 5.74) is 0.560. The van der Waals surface area contributed by atoms with E-state index in [4.69, 9.17) is 4.74 Å². The second kappa shape index (κ2) is 3.53. The summed E-state index contributed by atoms with van der Waals surface area (Å²) in [6.45, 7) is 0. The molecular weight excluding hydrogens is 194 g/mol. The molecule has 2 aliphatic heterocycles. The number of likely N-dealkylation sites (N-methyl/N-ethyl adjacent to an activating group) is 1. The van der Waals surface area contributed by atoms with Crippen LogP contribution in [0.3, 0.4) is 0 Å². The zero-order valence-corrected chi connectivity index (χ0v) is 8.77. The van der Waals surface area contributed by atoms with Crippen LogP contribution in [0.2, 0.25) is 0 Å². The van der Waals surface area contributed by atoms with Gasteiger partial charge in [0.15, 0.2) is 0 Å². The first kappa shape index (κ1) is 9.96. The Bertz CT molecular complexity index is 370. The lowest BCUT2D eigenvalue weighted by molar-refractivity contribution is -0.137. The van der Waals surface area contributed by atoms with Crippen LogP contribution < -0.4 is 0 Å². The molecule has 0 N–H and O–H groups in total. The minimum absolute atomic E-state index is 0.0673. The monoisotopic (exact) mass is 207 g/mol. The SMILES string of the molecule is COC(=O)C1=CCC2C=CC1N(C)C2=O. The van der Waals surface area contributed by atoms with E-state index in [0.717, 1.165) is 0 Å². The molecule has 1 aliphatic carbocycles. The van der Waals surface area contributed by atoms with Gasteiger partial charge in [-0.15, -0.1) is 0 Å². The van der Waals surface area contributed by atoms with Crippen molar-refractivity contribution in [1.82, 2.24) is 4.90 Å². The van der Waals surface area contributed by atoms with Crippen LogP contribution in [0.4, 0.5) is 0 Å². The number of hydrogen-bond acceptors (Lipinski definition) is 3. The van der Waals surface area contributed by atoms with E-state index >= 15 is 0 Å². The van der Waals surface area contributed by atoms with E-state index in [-0.39, 0.29) is 23.8 Å². The van der Waals surface area contributed by atoms with Crippen molar-refractivity contribution in [2.45, 2.75) is 12.5 Å². The van der Waals surface area contributed by atoms with Crippen LogP contribution in [-0.2, 0) is 14.3 Å². The van der Waals surface area contributed by atoms with E-state index in [1.165, 1.54) is 7.11 Å². The first-order valence-electron chi connectivity index (χ1n) is 4.88. The highest BCUT2D eigenvalue weighted by molar-refractivity contribution is 5.94. The van der Waals surface area contributed by atoms with E-state index in [9.17, 15) is 9.59 Å². The Morgan fingerprint density at radius 1 is 1.53 bits per heavy atom. The van der Waals surface area contributed by atoms with Gasteiger partial charge in [0.25, 0.3) is 0 Å². The van der Waals surface area contributed by atoms with Crippen molar-refractivity contribution < 1.29 is 14.3 Å². The molecule has 2 heterocycles. The molecule has 0 aromatic rings. The average Bonchev–Trinajstić information content (AvgIpc) is 2.52. The Balaban J connectivity index is 2.37. The number of methoxy groups -OCH3 is 1. The molecule has 3 aliphatic rings.